The topological polar surface area (TPSA) is 54.4 Å². The molecule has 0 spiro atoms. The summed E-state index contributed by atoms with van der Waals surface area (Å²) in [5.74, 6) is -1.41. The maximum atomic E-state index is 10.9. The Morgan fingerprint density at radius 3 is 2.07 bits per heavy atom. The fraction of sp³-hybridized carbons (Fsp3) is 0.273. The summed E-state index contributed by atoms with van der Waals surface area (Å²) in [6, 6.07) is 6.65. The Bertz CT molecular complexity index is 351. The first-order valence-electron chi connectivity index (χ1n) is 4.36. The summed E-state index contributed by atoms with van der Waals surface area (Å²) >= 11 is 0. The minimum Gasteiger partial charge on any atom is -0.481 e. The first-order valence-corrected chi connectivity index (χ1v) is 4.36. The Kier molecular flexibility index (Phi) is 3.02. The molecule has 0 radical (unpaired) electrons. The summed E-state index contributed by atoms with van der Waals surface area (Å²) in [7, 11) is 0. The summed E-state index contributed by atoms with van der Waals surface area (Å²) in [6.45, 7) is 3.10. The van der Waals surface area contributed by atoms with Gasteiger partial charge in [0.05, 0.1) is 5.92 Å². The maximum absolute atomic E-state index is 10.9. The molecule has 0 saturated heterocycles. The lowest BCUT2D eigenvalue weighted by atomic mass is 9.99. The van der Waals surface area contributed by atoms with Gasteiger partial charge in [0.25, 0.3) is 0 Å². The first kappa shape index (κ1) is 10.4. The lowest BCUT2D eigenvalue weighted by molar-refractivity contribution is -0.138. The van der Waals surface area contributed by atoms with Gasteiger partial charge < -0.3 is 5.11 Å². The van der Waals surface area contributed by atoms with Gasteiger partial charge in [0.2, 0.25) is 0 Å². The quantitative estimate of drug-likeness (QED) is 0.746. The van der Waals surface area contributed by atoms with Crippen molar-refractivity contribution in [3.8, 4) is 0 Å². The molecule has 0 aliphatic rings. The fourth-order valence-corrected chi connectivity index (χ4v) is 1.15. The van der Waals surface area contributed by atoms with Gasteiger partial charge in [-0.25, -0.2) is 0 Å². The number of hydrogen-bond acceptors (Lipinski definition) is 2. The van der Waals surface area contributed by atoms with Crippen molar-refractivity contribution in [3.05, 3.63) is 35.4 Å². The number of rotatable bonds is 3. The molecule has 0 aliphatic heterocycles. The third-order valence-electron chi connectivity index (χ3n) is 2.19. The average Bonchev–Trinajstić information content (AvgIpc) is 2.16. The van der Waals surface area contributed by atoms with Crippen molar-refractivity contribution in [1.29, 1.82) is 0 Å². The normalized spacial score (nSPS) is 12.1. The minimum absolute atomic E-state index is 0.0143. The van der Waals surface area contributed by atoms with Crippen LogP contribution < -0.4 is 0 Å². The number of ketones is 1. The number of aliphatic carboxylic acids is 1. The second-order valence-corrected chi connectivity index (χ2v) is 3.24. The molecular formula is C11H12O3. The number of carbonyl (C=O) groups is 2. The minimum atomic E-state index is -0.861. The van der Waals surface area contributed by atoms with Crippen molar-refractivity contribution in [1.82, 2.24) is 0 Å². The summed E-state index contributed by atoms with van der Waals surface area (Å²) in [4.78, 5) is 21.6. The van der Waals surface area contributed by atoms with Gasteiger partial charge in [-0.3, -0.25) is 9.59 Å². The zero-order valence-corrected chi connectivity index (χ0v) is 8.15. The highest BCUT2D eigenvalue weighted by Gasteiger charge is 2.13. The lowest BCUT2D eigenvalue weighted by Gasteiger charge is -2.06. The molecule has 0 amide bonds. The highest BCUT2D eigenvalue weighted by Crippen LogP contribution is 2.16. The molecule has 74 valence electrons. The van der Waals surface area contributed by atoms with Gasteiger partial charge in [-0.05, 0) is 19.4 Å². The van der Waals surface area contributed by atoms with E-state index in [2.05, 4.69) is 0 Å². The SMILES string of the molecule is CC(=O)c1ccc(C(C)C(=O)O)cc1. The van der Waals surface area contributed by atoms with E-state index < -0.39 is 11.9 Å². The number of Topliss-reactive ketones (excluding diaryl/α,β-unsaturated/α-hetero) is 1. The monoisotopic (exact) mass is 192 g/mol. The van der Waals surface area contributed by atoms with Crippen LogP contribution in [0.5, 0.6) is 0 Å². The standard InChI is InChI=1S/C11H12O3/c1-7(11(13)14)9-3-5-10(6-4-9)8(2)12/h3-7H,1-2H3,(H,13,14). The van der Waals surface area contributed by atoms with Crippen LogP contribution in [0.3, 0.4) is 0 Å². The Morgan fingerprint density at radius 1 is 1.21 bits per heavy atom. The van der Waals surface area contributed by atoms with E-state index in [1.807, 2.05) is 0 Å². The molecule has 3 heteroatoms. The van der Waals surface area contributed by atoms with Crippen molar-refractivity contribution in [2.24, 2.45) is 0 Å². The summed E-state index contributed by atoms with van der Waals surface area (Å²) in [5, 5.41) is 8.75. The number of carboxylic acids is 1. The third-order valence-corrected chi connectivity index (χ3v) is 2.19. The molecule has 1 rings (SSSR count). The first-order chi connectivity index (χ1) is 6.52. The number of carboxylic acid groups (broad SMARTS) is 1. The van der Waals surface area contributed by atoms with Gasteiger partial charge in [-0.1, -0.05) is 24.3 Å². The Labute approximate surface area is 82.4 Å². The van der Waals surface area contributed by atoms with E-state index in [0.29, 0.717) is 11.1 Å². The summed E-state index contributed by atoms with van der Waals surface area (Å²) < 4.78 is 0. The fourth-order valence-electron chi connectivity index (χ4n) is 1.15. The lowest BCUT2D eigenvalue weighted by Crippen LogP contribution is -2.07. The zero-order chi connectivity index (χ0) is 10.7. The van der Waals surface area contributed by atoms with Crippen molar-refractivity contribution in [2.75, 3.05) is 0 Å². The number of hydrogen-bond donors (Lipinski definition) is 1. The van der Waals surface area contributed by atoms with Crippen molar-refractivity contribution in [2.45, 2.75) is 19.8 Å². The van der Waals surface area contributed by atoms with Gasteiger partial charge in [-0.15, -0.1) is 0 Å². The van der Waals surface area contributed by atoms with E-state index in [4.69, 9.17) is 5.11 Å². The molecule has 1 atom stereocenters. The van der Waals surface area contributed by atoms with Crippen LogP contribution in [-0.2, 0) is 4.79 Å². The highest BCUT2D eigenvalue weighted by atomic mass is 16.4. The largest absolute Gasteiger partial charge is 0.481 e. The van der Waals surface area contributed by atoms with Crippen LogP contribution in [0, 0.1) is 0 Å². The molecule has 0 fully saturated rings. The molecule has 0 heterocycles. The van der Waals surface area contributed by atoms with E-state index >= 15 is 0 Å². The smallest absolute Gasteiger partial charge is 0.310 e. The van der Waals surface area contributed by atoms with Gasteiger partial charge in [0, 0.05) is 5.56 Å². The van der Waals surface area contributed by atoms with Crippen molar-refractivity contribution in [3.63, 3.8) is 0 Å². The van der Waals surface area contributed by atoms with Crippen LogP contribution in [-0.4, -0.2) is 16.9 Å². The van der Waals surface area contributed by atoms with Gasteiger partial charge in [0.15, 0.2) is 5.78 Å². The van der Waals surface area contributed by atoms with E-state index in [1.165, 1.54) is 6.92 Å². The molecule has 0 aliphatic carbocycles. The summed E-state index contributed by atoms with van der Waals surface area (Å²) in [6.07, 6.45) is 0. The highest BCUT2D eigenvalue weighted by molar-refractivity contribution is 5.94. The van der Waals surface area contributed by atoms with Crippen LogP contribution in [0.4, 0.5) is 0 Å². The second kappa shape index (κ2) is 4.05. The van der Waals surface area contributed by atoms with Gasteiger partial charge >= 0.3 is 5.97 Å². The van der Waals surface area contributed by atoms with Crippen LogP contribution in [0.2, 0.25) is 0 Å². The van der Waals surface area contributed by atoms with E-state index in [1.54, 1.807) is 31.2 Å². The predicted octanol–water partition coefficient (Wildman–Crippen LogP) is 2.08. The molecule has 1 aromatic rings. The summed E-state index contributed by atoms with van der Waals surface area (Å²) in [5.41, 5.74) is 1.31. The van der Waals surface area contributed by atoms with E-state index in [9.17, 15) is 9.59 Å². The zero-order valence-electron chi connectivity index (χ0n) is 8.15. The molecule has 1 aromatic carbocycles. The molecule has 0 saturated carbocycles. The third kappa shape index (κ3) is 2.19. The van der Waals surface area contributed by atoms with Crippen LogP contribution in [0.25, 0.3) is 0 Å². The number of carbonyl (C=O) groups excluding carboxylic acids is 1. The van der Waals surface area contributed by atoms with Crippen molar-refractivity contribution >= 4 is 11.8 Å². The molecule has 1 N–H and O–H groups in total. The molecule has 1 unspecified atom stereocenters. The van der Waals surface area contributed by atoms with Gasteiger partial charge in [-0.2, -0.15) is 0 Å². The van der Waals surface area contributed by atoms with E-state index in [-0.39, 0.29) is 5.78 Å². The Hall–Kier alpha value is -1.64. The van der Waals surface area contributed by atoms with Crippen LogP contribution in [0.1, 0.15) is 35.7 Å². The molecule has 0 aromatic heterocycles. The molecule has 3 nitrogen and oxygen atoms in total. The van der Waals surface area contributed by atoms with Crippen LogP contribution in [0.15, 0.2) is 24.3 Å². The predicted molar refractivity (Wildman–Crippen MR) is 52.5 cm³/mol. The van der Waals surface area contributed by atoms with Gasteiger partial charge in [0.1, 0.15) is 0 Å². The molecular weight excluding hydrogens is 180 g/mol. The van der Waals surface area contributed by atoms with Crippen LogP contribution >= 0.6 is 0 Å². The molecule has 0 bridgehead atoms. The average molecular weight is 192 g/mol. The molecule has 14 heavy (non-hydrogen) atoms. The van der Waals surface area contributed by atoms with Crippen molar-refractivity contribution < 1.29 is 14.7 Å². The second-order valence-electron chi connectivity index (χ2n) is 3.24. The van der Waals surface area contributed by atoms with E-state index in [0.717, 1.165) is 0 Å². The maximum Gasteiger partial charge on any atom is 0.310 e. The Balaban J connectivity index is 2.94. The number of benzene rings is 1. The Morgan fingerprint density at radius 2 is 1.71 bits per heavy atom.